The first-order valence-corrected chi connectivity index (χ1v) is 7.09. The van der Waals surface area contributed by atoms with Gasteiger partial charge in [-0.2, -0.15) is 0 Å². The van der Waals surface area contributed by atoms with E-state index in [1.165, 1.54) is 11.1 Å². The van der Waals surface area contributed by atoms with Crippen LogP contribution in [0, 0.1) is 0 Å². The summed E-state index contributed by atoms with van der Waals surface area (Å²) in [5, 5.41) is 2.53. The second-order valence-electron chi connectivity index (χ2n) is 5.09. The van der Waals surface area contributed by atoms with Crippen LogP contribution in [-0.2, 0) is 11.2 Å². The standard InChI is InChI=1S/C15H18ClN3O2/c1-10(16)8-19(9-14(20)18-15(17)21)13-7-6-11-4-2-3-5-12(11)13/h2-5,13H,1,6-9H2,(H3,17,18,20,21). The van der Waals surface area contributed by atoms with Gasteiger partial charge in [0, 0.05) is 17.6 Å². The second-order valence-corrected chi connectivity index (χ2v) is 5.62. The van der Waals surface area contributed by atoms with E-state index in [0.717, 1.165) is 12.8 Å². The summed E-state index contributed by atoms with van der Waals surface area (Å²) in [6, 6.07) is 7.38. The van der Waals surface area contributed by atoms with Crippen molar-refractivity contribution in [3.05, 3.63) is 47.0 Å². The number of hydrogen-bond acceptors (Lipinski definition) is 3. The van der Waals surface area contributed by atoms with Crippen molar-refractivity contribution in [3.8, 4) is 0 Å². The van der Waals surface area contributed by atoms with Crippen molar-refractivity contribution in [1.82, 2.24) is 10.2 Å². The number of nitrogens with zero attached hydrogens (tertiary/aromatic N) is 1. The van der Waals surface area contributed by atoms with Crippen LogP contribution in [0.15, 0.2) is 35.9 Å². The smallest absolute Gasteiger partial charge is 0.318 e. The summed E-state index contributed by atoms with van der Waals surface area (Å²) >= 11 is 5.91. The molecule has 0 heterocycles. The Morgan fingerprint density at radius 3 is 2.76 bits per heavy atom. The molecule has 1 aromatic carbocycles. The Kier molecular flexibility index (Phi) is 4.98. The summed E-state index contributed by atoms with van der Waals surface area (Å²) in [5.41, 5.74) is 7.44. The summed E-state index contributed by atoms with van der Waals surface area (Å²) in [4.78, 5) is 24.5. The Morgan fingerprint density at radius 2 is 2.10 bits per heavy atom. The lowest BCUT2D eigenvalue weighted by Crippen LogP contribution is -2.43. The number of hydrogen-bond donors (Lipinski definition) is 2. The van der Waals surface area contributed by atoms with E-state index >= 15 is 0 Å². The highest BCUT2D eigenvalue weighted by atomic mass is 35.5. The first kappa shape index (κ1) is 15.5. The quantitative estimate of drug-likeness (QED) is 0.872. The van der Waals surface area contributed by atoms with Gasteiger partial charge in [0.15, 0.2) is 0 Å². The van der Waals surface area contributed by atoms with Gasteiger partial charge in [-0.25, -0.2) is 4.79 Å². The Balaban J connectivity index is 2.15. The molecule has 112 valence electrons. The first-order chi connectivity index (χ1) is 9.97. The minimum absolute atomic E-state index is 0.0493. The molecule has 1 atom stereocenters. The minimum atomic E-state index is -0.850. The van der Waals surface area contributed by atoms with Crippen LogP contribution in [0.1, 0.15) is 23.6 Å². The summed E-state index contributed by atoms with van der Waals surface area (Å²) in [5.74, 6) is -0.440. The third-order valence-corrected chi connectivity index (χ3v) is 3.65. The molecule has 1 aliphatic rings. The summed E-state index contributed by atoms with van der Waals surface area (Å²) in [6.45, 7) is 4.12. The fourth-order valence-electron chi connectivity index (χ4n) is 2.77. The van der Waals surface area contributed by atoms with Gasteiger partial charge in [0.25, 0.3) is 0 Å². The van der Waals surface area contributed by atoms with Gasteiger partial charge in [-0.15, -0.1) is 0 Å². The van der Waals surface area contributed by atoms with Crippen LogP contribution in [0.5, 0.6) is 0 Å². The predicted octanol–water partition coefficient (Wildman–Crippen LogP) is 1.92. The third-order valence-electron chi connectivity index (χ3n) is 3.53. The molecule has 1 aromatic rings. The van der Waals surface area contributed by atoms with E-state index in [1.54, 1.807) is 0 Å². The van der Waals surface area contributed by atoms with Gasteiger partial charge in [-0.3, -0.25) is 15.0 Å². The zero-order valence-electron chi connectivity index (χ0n) is 11.6. The molecule has 0 aromatic heterocycles. The normalized spacial score (nSPS) is 16.6. The number of halogens is 1. The van der Waals surface area contributed by atoms with E-state index in [4.69, 9.17) is 17.3 Å². The zero-order chi connectivity index (χ0) is 15.4. The topological polar surface area (TPSA) is 75.4 Å². The average molecular weight is 308 g/mol. The molecule has 0 saturated heterocycles. The van der Waals surface area contributed by atoms with Crippen LogP contribution < -0.4 is 11.1 Å². The number of urea groups is 1. The lowest BCUT2D eigenvalue weighted by Gasteiger charge is -2.28. The van der Waals surface area contributed by atoms with Gasteiger partial charge < -0.3 is 5.73 Å². The first-order valence-electron chi connectivity index (χ1n) is 6.72. The third kappa shape index (κ3) is 4.06. The number of benzene rings is 1. The molecule has 1 unspecified atom stereocenters. The average Bonchev–Trinajstić information content (AvgIpc) is 2.80. The highest BCUT2D eigenvalue weighted by Gasteiger charge is 2.29. The number of primary amides is 1. The molecule has 0 spiro atoms. The molecule has 0 aliphatic heterocycles. The number of rotatable bonds is 5. The summed E-state index contributed by atoms with van der Waals surface area (Å²) in [6.07, 6.45) is 1.87. The van der Waals surface area contributed by atoms with E-state index in [2.05, 4.69) is 24.0 Å². The van der Waals surface area contributed by atoms with Crippen LogP contribution in [0.3, 0.4) is 0 Å². The maximum absolute atomic E-state index is 11.8. The van der Waals surface area contributed by atoms with E-state index in [-0.39, 0.29) is 12.6 Å². The van der Waals surface area contributed by atoms with E-state index in [0.29, 0.717) is 11.6 Å². The lowest BCUT2D eigenvalue weighted by molar-refractivity contribution is -0.121. The van der Waals surface area contributed by atoms with Crippen LogP contribution in [0.25, 0.3) is 0 Å². The minimum Gasteiger partial charge on any atom is -0.351 e. The lowest BCUT2D eigenvalue weighted by atomic mass is 10.1. The Hall–Kier alpha value is -1.85. The largest absolute Gasteiger partial charge is 0.351 e. The Bertz CT molecular complexity index is 574. The van der Waals surface area contributed by atoms with Crippen molar-refractivity contribution < 1.29 is 9.59 Å². The zero-order valence-corrected chi connectivity index (χ0v) is 12.4. The van der Waals surface area contributed by atoms with E-state index < -0.39 is 11.9 Å². The SMILES string of the molecule is C=C(Cl)CN(CC(=O)NC(N)=O)C1CCc2ccccc21. The number of imide groups is 1. The molecule has 6 heteroatoms. The number of carbonyl (C=O) groups is 2. The van der Waals surface area contributed by atoms with Gasteiger partial charge in [0.1, 0.15) is 0 Å². The van der Waals surface area contributed by atoms with Gasteiger partial charge >= 0.3 is 6.03 Å². The molecule has 0 saturated carbocycles. The Labute approximate surface area is 128 Å². The summed E-state index contributed by atoms with van der Waals surface area (Å²) in [7, 11) is 0. The number of nitrogens with one attached hydrogen (secondary N) is 1. The van der Waals surface area contributed by atoms with Gasteiger partial charge in [0.05, 0.1) is 6.54 Å². The highest BCUT2D eigenvalue weighted by Crippen LogP contribution is 2.35. The van der Waals surface area contributed by atoms with Crippen molar-refractivity contribution >= 4 is 23.5 Å². The maximum Gasteiger partial charge on any atom is 0.318 e. The van der Waals surface area contributed by atoms with Crippen LogP contribution in [-0.4, -0.2) is 29.9 Å². The van der Waals surface area contributed by atoms with Gasteiger partial charge in [0.2, 0.25) is 5.91 Å². The molecule has 0 fully saturated rings. The number of carbonyl (C=O) groups excluding carboxylic acids is 2. The van der Waals surface area contributed by atoms with Gasteiger partial charge in [-0.1, -0.05) is 42.4 Å². The van der Waals surface area contributed by atoms with Crippen molar-refractivity contribution in [2.75, 3.05) is 13.1 Å². The molecule has 5 nitrogen and oxygen atoms in total. The number of aryl methyl sites for hydroxylation is 1. The molecular weight excluding hydrogens is 290 g/mol. The van der Waals surface area contributed by atoms with Crippen LogP contribution in [0.2, 0.25) is 0 Å². The Morgan fingerprint density at radius 1 is 1.38 bits per heavy atom. The second kappa shape index (κ2) is 6.74. The predicted molar refractivity (Wildman–Crippen MR) is 81.8 cm³/mol. The maximum atomic E-state index is 11.8. The number of amides is 3. The number of nitrogens with two attached hydrogens (primary N) is 1. The molecule has 3 amide bonds. The highest BCUT2D eigenvalue weighted by molar-refractivity contribution is 6.29. The fraction of sp³-hybridized carbons (Fsp3) is 0.333. The van der Waals surface area contributed by atoms with Crippen molar-refractivity contribution in [2.45, 2.75) is 18.9 Å². The molecule has 0 bridgehead atoms. The summed E-state index contributed by atoms with van der Waals surface area (Å²) < 4.78 is 0. The monoisotopic (exact) mass is 307 g/mol. The molecule has 1 aliphatic carbocycles. The van der Waals surface area contributed by atoms with Crippen molar-refractivity contribution in [1.29, 1.82) is 0 Å². The molecule has 2 rings (SSSR count). The molecular formula is C15H18ClN3O2. The van der Waals surface area contributed by atoms with Crippen molar-refractivity contribution in [2.24, 2.45) is 5.73 Å². The number of fused-ring (bicyclic) bond motifs is 1. The van der Waals surface area contributed by atoms with Gasteiger partial charge in [-0.05, 0) is 24.0 Å². The molecule has 3 N–H and O–H groups in total. The van der Waals surface area contributed by atoms with E-state index in [1.807, 2.05) is 17.0 Å². The fourth-order valence-corrected chi connectivity index (χ4v) is 2.93. The molecule has 0 radical (unpaired) electrons. The van der Waals surface area contributed by atoms with Crippen molar-refractivity contribution in [3.63, 3.8) is 0 Å². The van der Waals surface area contributed by atoms with Crippen LogP contribution >= 0.6 is 11.6 Å². The van der Waals surface area contributed by atoms with E-state index in [9.17, 15) is 9.59 Å². The molecule has 21 heavy (non-hydrogen) atoms. The van der Waals surface area contributed by atoms with Crippen LogP contribution in [0.4, 0.5) is 4.79 Å².